The number of carboxylic acids is 1. The molecule has 0 saturated heterocycles. The SMILES string of the molecule is CCC/C(C=N[C@@H](CC)C(N)=O)=C/C(=O)O. The Labute approximate surface area is 95.1 Å². The van der Waals surface area contributed by atoms with Gasteiger partial charge in [-0.05, 0) is 18.4 Å². The van der Waals surface area contributed by atoms with Gasteiger partial charge in [-0.25, -0.2) is 4.79 Å². The summed E-state index contributed by atoms with van der Waals surface area (Å²) in [7, 11) is 0. The van der Waals surface area contributed by atoms with Crippen LogP contribution in [-0.4, -0.2) is 29.2 Å². The Morgan fingerprint density at radius 1 is 1.44 bits per heavy atom. The quantitative estimate of drug-likeness (QED) is 0.503. The summed E-state index contributed by atoms with van der Waals surface area (Å²) in [6.07, 6.45) is 4.47. The predicted molar refractivity (Wildman–Crippen MR) is 62.4 cm³/mol. The van der Waals surface area contributed by atoms with Crippen LogP contribution in [0.2, 0.25) is 0 Å². The second-order valence-corrected chi connectivity index (χ2v) is 3.41. The van der Waals surface area contributed by atoms with Crippen molar-refractivity contribution in [3.8, 4) is 0 Å². The lowest BCUT2D eigenvalue weighted by Crippen LogP contribution is -2.26. The molecule has 1 atom stereocenters. The number of amides is 1. The van der Waals surface area contributed by atoms with Gasteiger partial charge in [0, 0.05) is 12.3 Å². The third-order valence-electron chi connectivity index (χ3n) is 1.98. The number of aliphatic carboxylic acids is 1. The number of nitrogens with two attached hydrogens (primary N) is 1. The molecule has 0 aliphatic rings. The van der Waals surface area contributed by atoms with E-state index in [2.05, 4.69) is 4.99 Å². The number of hydrogen-bond acceptors (Lipinski definition) is 3. The van der Waals surface area contributed by atoms with Crippen molar-refractivity contribution in [3.63, 3.8) is 0 Å². The minimum atomic E-state index is -1.01. The molecule has 0 aliphatic heterocycles. The van der Waals surface area contributed by atoms with Gasteiger partial charge in [-0.1, -0.05) is 20.3 Å². The molecule has 3 N–H and O–H groups in total. The first kappa shape index (κ1) is 14.3. The highest BCUT2D eigenvalue weighted by Gasteiger charge is 2.09. The summed E-state index contributed by atoms with van der Waals surface area (Å²) < 4.78 is 0. The molecule has 1 amide bonds. The number of nitrogens with zero attached hydrogens (tertiary/aromatic N) is 1. The molecule has 0 fully saturated rings. The maximum atomic E-state index is 10.9. The average molecular weight is 226 g/mol. The molecular weight excluding hydrogens is 208 g/mol. The van der Waals surface area contributed by atoms with E-state index < -0.39 is 17.9 Å². The maximum absolute atomic E-state index is 10.9. The van der Waals surface area contributed by atoms with Gasteiger partial charge in [-0.15, -0.1) is 0 Å². The molecule has 0 saturated carbocycles. The monoisotopic (exact) mass is 226 g/mol. The Morgan fingerprint density at radius 3 is 2.44 bits per heavy atom. The van der Waals surface area contributed by atoms with Gasteiger partial charge in [-0.3, -0.25) is 9.79 Å². The smallest absolute Gasteiger partial charge is 0.328 e. The number of hydrogen-bond donors (Lipinski definition) is 2. The third kappa shape index (κ3) is 5.95. The van der Waals surface area contributed by atoms with E-state index in [1.54, 1.807) is 6.92 Å². The van der Waals surface area contributed by atoms with E-state index in [4.69, 9.17) is 10.8 Å². The Balaban J connectivity index is 4.66. The van der Waals surface area contributed by atoms with E-state index in [1.165, 1.54) is 6.21 Å². The predicted octanol–water partition coefficient (Wildman–Crippen LogP) is 1.13. The highest BCUT2D eigenvalue weighted by Crippen LogP contribution is 2.04. The van der Waals surface area contributed by atoms with Crippen LogP contribution in [0.15, 0.2) is 16.6 Å². The van der Waals surface area contributed by atoms with Crippen molar-refractivity contribution < 1.29 is 14.7 Å². The second-order valence-electron chi connectivity index (χ2n) is 3.41. The van der Waals surface area contributed by atoms with Crippen LogP contribution in [0.4, 0.5) is 0 Å². The molecule has 5 heteroatoms. The Bertz CT molecular complexity index is 308. The van der Waals surface area contributed by atoms with Gasteiger partial charge >= 0.3 is 5.97 Å². The van der Waals surface area contributed by atoms with E-state index in [1.807, 2.05) is 6.92 Å². The number of allylic oxidation sites excluding steroid dienone is 1. The zero-order valence-corrected chi connectivity index (χ0v) is 9.64. The van der Waals surface area contributed by atoms with E-state index in [-0.39, 0.29) is 0 Å². The summed E-state index contributed by atoms with van der Waals surface area (Å²) in [4.78, 5) is 25.4. The first-order valence-electron chi connectivity index (χ1n) is 5.27. The molecule has 90 valence electrons. The minimum Gasteiger partial charge on any atom is -0.478 e. The van der Waals surface area contributed by atoms with Crippen molar-refractivity contribution in [2.24, 2.45) is 10.7 Å². The van der Waals surface area contributed by atoms with Crippen LogP contribution in [-0.2, 0) is 9.59 Å². The normalized spacial score (nSPS) is 14.0. The lowest BCUT2D eigenvalue weighted by Gasteiger charge is -2.04. The standard InChI is InChI=1S/C11H18N2O3/c1-3-5-8(6-10(14)15)7-13-9(4-2)11(12)16/h6-7,9H,3-5H2,1-2H3,(H2,12,16)(H,14,15)/b8-6-,13-7?/t9-/m0/s1. The molecule has 0 bridgehead atoms. The topological polar surface area (TPSA) is 92.8 Å². The highest BCUT2D eigenvalue weighted by atomic mass is 16.4. The summed E-state index contributed by atoms with van der Waals surface area (Å²) in [6.45, 7) is 3.74. The Kier molecular flexibility index (Phi) is 6.83. The van der Waals surface area contributed by atoms with Crippen molar-refractivity contribution in [2.45, 2.75) is 39.2 Å². The molecule has 0 spiro atoms. The molecule has 0 heterocycles. The molecular formula is C11H18N2O3. The molecule has 16 heavy (non-hydrogen) atoms. The van der Waals surface area contributed by atoms with Crippen LogP contribution >= 0.6 is 0 Å². The van der Waals surface area contributed by atoms with Crippen LogP contribution in [0, 0.1) is 0 Å². The summed E-state index contributed by atoms with van der Waals surface area (Å²) in [5, 5.41) is 8.61. The summed E-state index contributed by atoms with van der Waals surface area (Å²) >= 11 is 0. The number of aliphatic imine (C=N–C) groups is 1. The van der Waals surface area contributed by atoms with Gasteiger partial charge in [-0.2, -0.15) is 0 Å². The molecule has 0 radical (unpaired) electrons. The van der Waals surface area contributed by atoms with Crippen LogP contribution in [0.5, 0.6) is 0 Å². The number of carbonyl (C=O) groups excluding carboxylic acids is 1. The van der Waals surface area contributed by atoms with Gasteiger partial charge in [0.05, 0.1) is 0 Å². The van der Waals surface area contributed by atoms with E-state index in [0.29, 0.717) is 18.4 Å². The van der Waals surface area contributed by atoms with E-state index in [0.717, 1.165) is 12.5 Å². The molecule has 5 nitrogen and oxygen atoms in total. The maximum Gasteiger partial charge on any atom is 0.328 e. The van der Waals surface area contributed by atoms with Crippen LogP contribution < -0.4 is 5.73 Å². The van der Waals surface area contributed by atoms with Crippen molar-refractivity contribution in [1.82, 2.24) is 0 Å². The first-order valence-corrected chi connectivity index (χ1v) is 5.27. The zero-order chi connectivity index (χ0) is 12.6. The first-order chi connectivity index (χ1) is 7.51. The molecule has 0 aromatic rings. The van der Waals surface area contributed by atoms with Gasteiger partial charge < -0.3 is 10.8 Å². The lowest BCUT2D eigenvalue weighted by molar-refractivity contribution is -0.131. The number of carboxylic acid groups (broad SMARTS) is 1. The van der Waals surface area contributed by atoms with Crippen molar-refractivity contribution in [2.75, 3.05) is 0 Å². The zero-order valence-electron chi connectivity index (χ0n) is 9.64. The van der Waals surface area contributed by atoms with Crippen LogP contribution in [0.1, 0.15) is 33.1 Å². The largest absolute Gasteiger partial charge is 0.478 e. The van der Waals surface area contributed by atoms with Crippen LogP contribution in [0.25, 0.3) is 0 Å². The molecule has 0 rings (SSSR count). The van der Waals surface area contributed by atoms with Gasteiger partial charge in [0.25, 0.3) is 0 Å². The third-order valence-corrected chi connectivity index (χ3v) is 1.98. The summed E-state index contributed by atoms with van der Waals surface area (Å²) in [6, 6.07) is -0.575. The summed E-state index contributed by atoms with van der Waals surface area (Å²) in [5.41, 5.74) is 5.71. The number of carbonyl (C=O) groups is 2. The summed E-state index contributed by atoms with van der Waals surface area (Å²) in [5.74, 6) is -1.51. The van der Waals surface area contributed by atoms with Gasteiger partial charge in [0.2, 0.25) is 5.91 Å². The fourth-order valence-corrected chi connectivity index (χ4v) is 1.19. The second kappa shape index (κ2) is 7.62. The van der Waals surface area contributed by atoms with E-state index >= 15 is 0 Å². The van der Waals surface area contributed by atoms with Gasteiger partial charge in [0.1, 0.15) is 6.04 Å². The molecule has 0 unspecified atom stereocenters. The lowest BCUT2D eigenvalue weighted by atomic mass is 10.1. The van der Waals surface area contributed by atoms with Crippen molar-refractivity contribution >= 4 is 18.1 Å². The number of primary amides is 1. The Morgan fingerprint density at radius 2 is 2.06 bits per heavy atom. The Hall–Kier alpha value is -1.65. The number of rotatable bonds is 7. The van der Waals surface area contributed by atoms with Crippen molar-refractivity contribution in [3.05, 3.63) is 11.6 Å². The van der Waals surface area contributed by atoms with Crippen LogP contribution in [0.3, 0.4) is 0 Å². The average Bonchev–Trinajstić information content (AvgIpc) is 2.17. The molecule has 0 aromatic heterocycles. The fraction of sp³-hybridized carbons (Fsp3) is 0.545. The molecule has 0 aliphatic carbocycles. The fourth-order valence-electron chi connectivity index (χ4n) is 1.19. The highest BCUT2D eigenvalue weighted by molar-refractivity contribution is 5.91. The minimum absolute atomic E-state index is 0.495. The molecule has 0 aromatic carbocycles. The van der Waals surface area contributed by atoms with Gasteiger partial charge in [0.15, 0.2) is 0 Å². The van der Waals surface area contributed by atoms with E-state index in [9.17, 15) is 9.59 Å². The van der Waals surface area contributed by atoms with Crippen molar-refractivity contribution in [1.29, 1.82) is 0 Å².